The summed E-state index contributed by atoms with van der Waals surface area (Å²) in [5, 5.41) is 3.23. The van der Waals surface area contributed by atoms with Crippen molar-refractivity contribution in [1.82, 2.24) is 9.62 Å². The molecule has 2 rings (SSSR count). The van der Waals surface area contributed by atoms with Gasteiger partial charge in [-0.05, 0) is 50.3 Å². The molecule has 0 aromatic carbocycles. The van der Waals surface area contributed by atoms with E-state index in [1.54, 1.807) is 17.4 Å². The highest BCUT2D eigenvalue weighted by molar-refractivity contribution is 7.91. The molecule has 0 amide bonds. The van der Waals surface area contributed by atoms with E-state index in [1.807, 2.05) is 13.0 Å². The fourth-order valence-electron chi connectivity index (χ4n) is 2.78. The van der Waals surface area contributed by atoms with Crippen LogP contribution in [0.3, 0.4) is 0 Å². The summed E-state index contributed by atoms with van der Waals surface area (Å²) in [6, 6.07) is 3.82. The van der Waals surface area contributed by atoms with Gasteiger partial charge in [0.15, 0.2) is 0 Å². The van der Waals surface area contributed by atoms with E-state index in [-0.39, 0.29) is 6.04 Å². The fraction of sp³-hybridized carbons (Fsp3) is 0.733. The van der Waals surface area contributed by atoms with Crippen LogP contribution in [0.15, 0.2) is 16.3 Å². The maximum Gasteiger partial charge on any atom is 0.252 e. The van der Waals surface area contributed by atoms with Gasteiger partial charge >= 0.3 is 0 Å². The number of nitrogens with zero attached hydrogens (tertiary/aromatic N) is 1. The van der Waals surface area contributed by atoms with Gasteiger partial charge in [-0.25, -0.2) is 8.42 Å². The summed E-state index contributed by atoms with van der Waals surface area (Å²) in [6.07, 6.45) is 4.21. The summed E-state index contributed by atoms with van der Waals surface area (Å²) >= 11 is 1.38. The van der Waals surface area contributed by atoms with Gasteiger partial charge in [-0.1, -0.05) is 13.8 Å². The van der Waals surface area contributed by atoms with Gasteiger partial charge in [-0.3, -0.25) is 0 Å². The van der Waals surface area contributed by atoms with Crippen molar-refractivity contribution in [2.24, 2.45) is 5.92 Å². The zero-order valence-electron chi connectivity index (χ0n) is 13.1. The Labute approximate surface area is 132 Å². The molecular weight excluding hydrogens is 304 g/mol. The smallest absolute Gasteiger partial charge is 0.252 e. The lowest BCUT2D eigenvalue weighted by molar-refractivity contribution is 0.246. The summed E-state index contributed by atoms with van der Waals surface area (Å²) in [5.74, 6) is 0.728. The van der Waals surface area contributed by atoms with E-state index < -0.39 is 10.0 Å². The van der Waals surface area contributed by atoms with E-state index in [0.29, 0.717) is 4.21 Å². The molecule has 0 aliphatic heterocycles. The molecule has 4 nitrogen and oxygen atoms in total. The Morgan fingerprint density at radius 3 is 2.57 bits per heavy atom. The summed E-state index contributed by atoms with van der Waals surface area (Å²) in [6.45, 7) is 5.92. The van der Waals surface area contributed by atoms with Gasteiger partial charge in [0.05, 0.1) is 0 Å². The monoisotopic (exact) mass is 330 g/mol. The maximum absolute atomic E-state index is 12.7. The molecule has 0 radical (unpaired) electrons. The van der Waals surface area contributed by atoms with Crippen molar-refractivity contribution >= 4 is 21.4 Å². The van der Waals surface area contributed by atoms with Gasteiger partial charge in [-0.15, -0.1) is 11.3 Å². The molecule has 0 saturated heterocycles. The quantitative estimate of drug-likeness (QED) is 0.872. The van der Waals surface area contributed by atoms with Crippen LogP contribution in [0.25, 0.3) is 0 Å². The first-order valence-electron chi connectivity index (χ1n) is 7.72. The Morgan fingerprint density at radius 2 is 1.95 bits per heavy atom. The molecule has 1 aliphatic carbocycles. The van der Waals surface area contributed by atoms with Crippen molar-refractivity contribution in [3.63, 3.8) is 0 Å². The zero-order chi connectivity index (χ0) is 15.5. The van der Waals surface area contributed by atoms with Crippen LogP contribution >= 0.6 is 11.3 Å². The lowest BCUT2D eigenvalue weighted by atomic mass is 9.87. The third kappa shape index (κ3) is 4.06. The first-order chi connectivity index (χ1) is 9.95. The van der Waals surface area contributed by atoms with Crippen molar-refractivity contribution in [3.8, 4) is 0 Å². The highest BCUT2D eigenvalue weighted by Crippen LogP contribution is 2.31. The Bertz CT molecular complexity index is 546. The van der Waals surface area contributed by atoms with Crippen LogP contribution in [0.4, 0.5) is 0 Å². The van der Waals surface area contributed by atoms with Crippen LogP contribution in [0.1, 0.15) is 44.4 Å². The highest BCUT2D eigenvalue weighted by atomic mass is 32.2. The minimum atomic E-state index is -3.34. The summed E-state index contributed by atoms with van der Waals surface area (Å²) in [5.41, 5.74) is 0. The fourth-order valence-corrected chi connectivity index (χ4v) is 5.71. The van der Waals surface area contributed by atoms with Crippen molar-refractivity contribution in [3.05, 3.63) is 17.0 Å². The van der Waals surface area contributed by atoms with E-state index >= 15 is 0 Å². The van der Waals surface area contributed by atoms with Crippen molar-refractivity contribution < 1.29 is 8.42 Å². The van der Waals surface area contributed by atoms with Gasteiger partial charge in [0.25, 0.3) is 10.0 Å². The molecule has 0 spiro atoms. The van der Waals surface area contributed by atoms with Gasteiger partial charge < -0.3 is 5.32 Å². The number of nitrogens with one attached hydrogen (secondary N) is 1. The average molecular weight is 331 g/mol. The molecule has 0 unspecified atom stereocenters. The molecular formula is C15H26N2O2S2. The van der Waals surface area contributed by atoms with Crippen LogP contribution in [0.2, 0.25) is 0 Å². The molecule has 21 heavy (non-hydrogen) atoms. The predicted molar refractivity (Wildman–Crippen MR) is 88.1 cm³/mol. The average Bonchev–Trinajstić information content (AvgIpc) is 2.94. The second-order valence-corrected chi connectivity index (χ2v) is 9.33. The Morgan fingerprint density at radius 1 is 1.29 bits per heavy atom. The van der Waals surface area contributed by atoms with Crippen molar-refractivity contribution in [1.29, 1.82) is 0 Å². The molecule has 0 bridgehead atoms. The largest absolute Gasteiger partial charge is 0.312 e. The normalized spacial score (nSPS) is 23.6. The van der Waals surface area contributed by atoms with Gasteiger partial charge in [0, 0.05) is 24.5 Å². The van der Waals surface area contributed by atoms with Crippen LogP contribution in [0.5, 0.6) is 0 Å². The first kappa shape index (κ1) is 16.9. The molecule has 1 N–H and O–H groups in total. The van der Waals surface area contributed by atoms with Gasteiger partial charge in [-0.2, -0.15) is 4.31 Å². The summed E-state index contributed by atoms with van der Waals surface area (Å²) < 4.78 is 27.5. The molecule has 1 aromatic heterocycles. The topological polar surface area (TPSA) is 49.4 Å². The molecule has 6 heteroatoms. The highest BCUT2D eigenvalue weighted by Gasteiger charge is 2.31. The van der Waals surface area contributed by atoms with E-state index in [0.717, 1.165) is 49.6 Å². The molecule has 1 aromatic rings. The predicted octanol–water partition coefficient (Wildman–Crippen LogP) is 3.06. The third-order valence-corrected chi connectivity index (χ3v) is 7.78. The van der Waals surface area contributed by atoms with Gasteiger partial charge in [0.2, 0.25) is 0 Å². The number of rotatable bonds is 6. The Hall–Kier alpha value is -0.430. The van der Waals surface area contributed by atoms with Gasteiger partial charge in [0.1, 0.15) is 4.21 Å². The standard InChI is InChI=1S/C15H26N2O2S2/c1-4-16-11-14-9-10-15(20-14)21(18,19)17(3)13-7-5-12(2)6-8-13/h9-10,12-13,16H,4-8,11H2,1-3H3. The molecule has 1 heterocycles. The van der Waals surface area contributed by atoms with Crippen LogP contribution in [-0.4, -0.2) is 32.4 Å². The maximum atomic E-state index is 12.7. The van der Waals surface area contributed by atoms with E-state index in [2.05, 4.69) is 12.2 Å². The number of sulfonamides is 1. The van der Waals surface area contributed by atoms with E-state index in [9.17, 15) is 8.42 Å². The molecule has 0 atom stereocenters. The molecule has 1 saturated carbocycles. The first-order valence-corrected chi connectivity index (χ1v) is 9.98. The Balaban J connectivity index is 2.07. The minimum absolute atomic E-state index is 0.158. The van der Waals surface area contributed by atoms with Crippen molar-refractivity contribution in [2.75, 3.05) is 13.6 Å². The van der Waals surface area contributed by atoms with E-state index in [4.69, 9.17) is 0 Å². The number of hydrogen-bond donors (Lipinski definition) is 1. The van der Waals surface area contributed by atoms with Crippen LogP contribution in [-0.2, 0) is 16.6 Å². The lowest BCUT2D eigenvalue weighted by Gasteiger charge is -2.32. The summed E-state index contributed by atoms with van der Waals surface area (Å²) in [4.78, 5) is 1.07. The van der Waals surface area contributed by atoms with Crippen LogP contribution in [0, 0.1) is 5.92 Å². The van der Waals surface area contributed by atoms with Crippen LogP contribution < -0.4 is 5.32 Å². The number of thiophene rings is 1. The minimum Gasteiger partial charge on any atom is -0.312 e. The SMILES string of the molecule is CCNCc1ccc(S(=O)(=O)N(C)C2CCC(C)CC2)s1. The lowest BCUT2D eigenvalue weighted by Crippen LogP contribution is -2.38. The Kier molecular flexibility index (Phi) is 5.82. The number of hydrogen-bond acceptors (Lipinski definition) is 4. The summed E-state index contributed by atoms with van der Waals surface area (Å²) in [7, 11) is -1.60. The molecule has 120 valence electrons. The third-order valence-electron chi connectivity index (χ3n) is 4.32. The second kappa shape index (κ2) is 7.22. The second-order valence-electron chi connectivity index (χ2n) is 5.94. The van der Waals surface area contributed by atoms with E-state index in [1.165, 1.54) is 11.3 Å². The molecule has 1 aliphatic rings. The molecule has 1 fully saturated rings. The zero-order valence-corrected chi connectivity index (χ0v) is 14.8. The van der Waals surface area contributed by atoms with Crippen molar-refractivity contribution in [2.45, 2.75) is 56.3 Å².